The number of oxime groups is 1. The Morgan fingerprint density at radius 1 is 1.32 bits per heavy atom. The first-order valence-electron chi connectivity index (χ1n) is 6.01. The molecule has 0 aliphatic heterocycles. The van der Waals surface area contributed by atoms with Crippen LogP contribution in [0.25, 0.3) is 0 Å². The van der Waals surface area contributed by atoms with Gasteiger partial charge in [-0.3, -0.25) is 4.79 Å². The van der Waals surface area contributed by atoms with Crippen molar-refractivity contribution in [1.82, 2.24) is 15.5 Å². The summed E-state index contributed by atoms with van der Waals surface area (Å²) in [6, 6.07) is -0.232. The molecule has 0 saturated carbocycles. The van der Waals surface area contributed by atoms with E-state index in [1.165, 1.54) is 4.90 Å². The third-order valence-corrected chi connectivity index (χ3v) is 2.97. The van der Waals surface area contributed by atoms with Crippen LogP contribution in [0.5, 0.6) is 0 Å². The van der Waals surface area contributed by atoms with Crippen molar-refractivity contribution in [2.75, 3.05) is 27.2 Å². The Hall–Kier alpha value is -1.99. The number of hydrogen-bond donors (Lipinski definition) is 4. The summed E-state index contributed by atoms with van der Waals surface area (Å²) >= 11 is 0. The number of urea groups is 1. The van der Waals surface area contributed by atoms with E-state index in [-0.39, 0.29) is 24.3 Å². The number of nitrogens with two attached hydrogens (primary N) is 1. The van der Waals surface area contributed by atoms with Crippen molar-refractivity contribution in [1.29, 1.82) is 0 Å². The van der Waals surface area contributed by atoms with Crippen LogP contribution < -0.4 is 16.4 Å². The second-order valence-electron chi connectivity index (χ2n) is 4.55. The Balaban J connectivity index is 4.28. The molecular formula is C11H23N5O3. The lowest BCUT2D eigenvalue weighted by atomic mass is 9.85. The molecule has 0 aromatic heterocycles. The minimum Gasteiger partial charge on any atom is -0.409 e. The quantitative estimate of drug-likeness (QED) is 0.172. The van der Waals surface area contributed by atoms with Crippen molar-refractivity contribution in [2.45, 2.75) is 20.3 Å². The van der Waals surface area contributed by atoms with E-state index in [4.69, 9.17) is 10.9 Å². The second kappa shape index (κ2) is 7.45. The Morgan fingerprint density at radius 2 is 1.84 bits per heavy atom. The Labute approximate surface area is 113 Å². The molecule has 0 aliphatic rings. The number of hydrogen-bond acceptors (Lipinski definition) is 4. The van der Waals surface area contributed by atoms with Gasteiger partial charge in [0.1, 0.15) is 5.41 Å². The van der Waals surface area contributed by atoms with Gasteiger partial charge in [-0.1, -0.05) is 12.1 Å². The SMILES string of the molecule is CCC(C)(C(=O)NCCNC(=O)N(C)C)C(N)=NO. The first-order valence-corrected chi connectivity index (χ1v) is 6.01. The zero-order valence-electron chi connectivity index (χ0n) is 11.9. The van der Waals surface area contributed by atoms with Gasteiger partial charge >= 0.3 is 6.03 Å². The lowest BCUT2D eigenvalue weighted by Crippen LogP contribution is -2.49. The number of amidine groups is 1. The van der Waals surface area contributed by atoms with Crippen LogP contribution in [0.15, 0.2) is 5.16 Å². The number of carbonyl (C=O) groups excluding carboxylic acids is 2. The molecule has 0 spiro atoms. The molecule has 1 unspecified atom stereocenters. The van der Waals surface area contributed by atoms with Crippen LogP contribution in [-0.2, 0) is 4.79 Å². The Kier molecular flexibility index (Phi) is 6.67. The lowest BCUT2D eigenvalue weighted by Gasteiger charge is -2.25. The van der Waals surface area contributed by atoms with Crippen LogP contribution in [0.4, 0.5) is 4.79 Å². The van der Waals surface area contributed by atoms with Gasteiger partial charge in [0.2, 0.25) is 5.91 Å². The minimum atomic E-state index is -1.06. The summed E-state index contributed by atoms with van der Waals surface area (Å²) in [4.78, 5) is 24.6. The molecule has 1 atom stereocenters. The molecule has 0 aliphatic carbocycles. The molecule has 0 heterocycles. The number of carbonyl (C=O) groups is 2. The maximum atomic E-state index is 12.0. The molecule has 0 rings (SSSR count). The van der Waals surface area contributed by atoms with Crippen LogP contribution in [0, 0.1) is 5.41 Å². The minimum absolute atomic E-state index is 0.134. The van der Waals surface area contributed by atoms with E-state index in [1.54, 1.807) is 27.9 Å². The summed E-state index contributed by atoms with van der Waals surface area (Å²) in [6.45, 7) is 3.94. The summed E-state index contributed by atoms with van der Waals surface area (Å²) in [5.74, 6) is -0.478. The molecule has 0 saturated heterocycles. The number of nitrogens with zero attached hydrogens (tertiary/aromatic N) is 2. The standard InChI is InChI=1S/C11H23N5O3/c1-5-11(2,8(12)15-19)9(17)13-6-7-14-10(18)16(3)4/h19H,5-7H2,1-4H3,(H2,12,15)(H,13,17)(H,14,18). The smallest absolute Gasteiger partial charge is 0.316 e. The van der Waals surface area contributed by atoms with E-state index in [0.717, 1.165) is 0 Å². The van der Waals surface area contributed by atoms with Crippen molar-refractivity contribution in [3.05, 3.63) is 0 Å². The summed E-state index contributed by atoms with van der Waals surface area (Å²) in [7, 11) is 3.25. The van der Waals surface area contributed by atoms with E-state index in [2.05, 4.69) is 15.8 Å². The van der Waals surface area contributed by atoms with Crippen molar-refractivity contribution >= 4 is 17.8 Å². The van der Waals surface area contributed by atoms with Gasteiger partial charge in [-0.15, -0.1) is 0 Å². The van der Waals surface area contributed by atoms with Gasteiger partial charge in [-0.25, -0.2) is 4.79 Å². The van der Waals surface area contributed by atoms with E-state index < -0.39 is 5.41 Å². The van der Waals surface area contributed by atoms with E-state index in [0.29, 0.717) is 13.0 Å². The van der Waals surface area contributed by atoms with E-state index >= 15 is 0 Å². The van der Waals surface area contributed by atoms with Gasteiger partial charge < -0.3 is 26.5 Å². The summed E-state index contributed by atoms with van der Waals surface area (Å²) in [5.41, 5.74) is 4.46. The number of rotatable bonds is 6. The highest BCUT2D eigenvalue weighted by Crippen LogP contribution is 2.21. The zero-order chi connectivity index (χ0) is 15.1. The molecule has 5 N–H and O–H groups in total. The lowest BCUT2D eigenvalue weighted by molar-refractivity contribution is -0.127. The summed E-state index contributed by atoms with van der Waals surface area (Å²) < 4.78 is 0. The first-order chi connectivity index (χ1) is 8.79. The summed E-state index contributed by atoms with van der Waals surface area (Å²) in [5, 5.41) is 16.8. The predicted octanol–water partition coefficient (Wildman–Crippen LogP) is -0.463. The zero-order valence-corrected chi connectivity index (χ0v) is 11.9. The largest absolute Gasteiger partial charge is 0.409 e. The van der Waals surface area contributed by atoms with E-state index in [1.807, 2.05) is 0 Å². The highest BCUT2D eigenvalue weighted by Gasteiger charge is 2.36. The molecule has 8 heteroatoms. The highest BCUT2D eigenvalue weighted by atomic mass is 16.4. The van der Waals surface area contributed by atoms with Gasteiger partial charge in [0.25, 0.3) is 0 Å². The molecule has 0 fully saturated rings. The third-order valence-electron chi connectivity index (χ3n) is 2.97. The fraction of sp³-hybridized carbons (Fsp3) is 0.727. The van der Waals surface area contributed by atoms with Crippen LogP contribution in [-0.4, -0.2) is 55.1 Å². The van der Waals surface area contributed by atoms with Gasteiger partial charge in [-0.05, 0) is 13.3 Å². The van der Waals surface area contributed by atoms with Crippen molar-refractivity contribution in [3.63, 3.8) is 0 Å². The average Bonchev–Trinajstić information content (AvgIpc) is 2.40. The van der Waals surface area contributed by atoms with Crippen LogP contribution in [0.3, 0.4) is 0 Å². The Morgan fingerprint density at radius 3 is 2.26 bits per heavy atom. The van der Waals surface area contributed by atoms with Gasteiger partial charge in [0, 0.05) is 27.2 Å². The number of amides is 3. The van der Waals surface area contributed by atoms with Crippen LogP contribution in [0.2, 0.25) is 0 Å². The topological polar surface area (TPSA) is 120 Å². The third kappa shape index (κ3) is 4.65. The fourth-order valence-electron chi connectivity index (χ4n) is 1.27. The van der Waals surface area contributed by atoms with Crippen LogP contribution >= 0.6 is 0 Å². The summed E-state index contributed by atoms with van der Waals surface area (Å²) in [6.07, 6.45) is 0.402. The molecular weight excluding hydrogens is 250 g/mol. The molecule has 0 radical (unpaired) electrons. The van der Waals surface area contributed by atoms with Gasteiger partial charge in [0.15, 0.2) is 5.84 Å². The average molecular weight is 273 g/mol. The molecule has 8 nitrogen and oxygen atoms in total. The molecule has 19 heavy (non-hydrogen) atoms. The molecule has 0 aromatic rings. The van der Waals surface area contributed by atoms with E-state index in [9.17, 15) is 9.59 Å². The van der Waals surface area contributed by atoms with Crippen LogP contribution in [0.1, 0.15) is 20.3 Å². The predicted molar refractivity (Wildman–Crippen MR) is 71.9 cm³/mol. The fourth-order valence-corrected chi connectivity index (χ4v) is 1.27. The molecule has 0 aromatic carbocycles. The van der Waals surface area contributed by atoms with Gasteiger partial charge in [-0.2, -0.15) is 0 Å². The van der Waals surface area contributed by atoms with Crippen molar-refractivity contribution < 1.29 is 14.8 Å². The van der Waals surface area contributed by atoms with Gasteiger partial charge in [0.05, 0.1) is 0 Å². The number of nitrogens with one attached hydrogen (secondary N) is 2. The molecule has 3 amide bonds. The molecule has 110 valence electrons. The maximum absolute atomic E-state index is 12.0. The maximum Gasteiger partial charge on any atom is 0.316 e. The normalized spacial score (nSPS) is 14.4. The highest BCUT2D eigenvalue weighted by molar-refractivity contribution is 6.06. The Bertz CT molecular complexity index is 356. The monoisotopic (exact) mass is 273 g/mol. The van der Waals surface area contributed by atoms with Crippen molar-refractivity contribution in [3.8, 4) is 0 Å². The first kappa shape index (κ1) is 17.0. The second-order valence-corrected chi connectivity index (χ2v) is 4.55. The van der Waals surface area contributed by atoms with Crippen molar-refractivity contribution in [2.24, 2.45) is 16.3 Å². The molecule has 0 bridgehead atoms.